The molecule has 0 spiro atoms. The van der Waals surface area contributed by atoms with Crippen molar-refractivity contribution >= 4 is 35.2 Å². The SMILES string of the molecule is CCOc1ccc(NC(=O)COC(=O)C[C@H](NC(N)=O)c2ccccc2Cl)cc1. The molecule has 0 aromatic heterocycles. The van der Waals surface area contributed by atoms with Crippen LogP contribution in [0, 0.1) is 0 Å². The van der Waals surface area contributed by atoms with E-state index in [0.29, 0.717) is 28.6 Å². The Kier molecular flexibility index (Phi) is 8.29. The van der Waals surface area contributed by atoms with E-state index in [-0.39, 0.29) is 6.42 Å². The molecule has 0 heterocycles. The lowest BCUT2D eigenvalue weighted by atomic mass is 10.0. The third kappa shape index (κ3) is 7.34. The fourth-order valence-electron chi connectivity index (χ4n) is 2.54. The van der Waals surface area contributed by atoms with E-state index in [4.69, 9.17) is 26.8 Å². The van der Waals surface area contributed by atoms with Gasteiger partial charge in [0.25, 0.3) is 5.91 Å². The number of halogens is 1. The first-order valence-electron chi connectivity index (χ1n) is 8.87. The summed E-state index contributed by atoms with van der Waals surface area (Å²) in [7, 11) is 0. The zero-order chi connectivity index (χ0) is 21.2. The lowest BCUT2D eigenvalue weighted by Crippen LogP contribution is -2.35. The number of benzene rings is 2. The molecule has 0 aliphatic carbocycles. The number of anilines is 1. The summed E-state index contributed by atoms with van der Waals surface area (Å²) >= 11 is 6.12. The highest BCUT2D eigenvalue weighted by Crippen LogP contribution is 2.25. The van der Waals surface area contributed by atoms with Gasteiger partial charge < -0.3 is 25.8 Å². The lowest BCUT2D eigenvalue weighted by Gasteiger charge is -2.18. The molecule has 2 aromatic carbocycles. The zero-order valence-corrected chi connectivity index (χ0v) is 16.6. The van der Waals surface area contributed by atoms with Crippen LogP contribution in [0.2, 0.25) is 5.02 Å². The van der Waals surface area contributed by atoms with Gasteiger partial charge in [0.2, 0.25) is 0 Å². The molecule has 0 aliphatic heterocycles. The van der Waals surface area contributed by atoms with Crippen LogP contribution in [0.1, 0.15) is 24.9 Å². The van der Waals surface area contributed by atoms with Crippen LogP contribution in [0.5, 0.6) is 5.75 Å². The van der Waals surface area contributed by atoms with E-state index < -0.39 is 30.6 Å². The highest BCUT2D eigenvalue weighted by molar-refractivity contribution is 6.31. The Balaban J connectivity index is 1.88. The molecule has 29 heavy (non-hydrogen) atoms. The molecular formula is C20H22ClN3O5. The smallest absolute Gasteiger partial charge is 0.312 e. The monoisotopic (exact) mass is 419 g/mol. The van der Waals surface area contributed by atoms with Crippen LogP contribution in [0.3, 0.4) is 0 Å². The van der Waals surface area contributed by atoms with Crippen LogP contribution in [0.4, 0.5) is 10.5 Å². The predicted molar refractivity (Wildman–Crippen MR) is 109 cm³/mol. The molecule has 2 aromatic rings. The van der Waals surface area contributed by atoms with Crippen LogP contribution in [0.25, 0.3) is 0 Å². The average molecular weight is 420 g/mol. The Labute approximate surface area is 173 Å². The van der Waals surface area contributed by atoms with Gasteiger partial charge in [-0.1, -0.05) is 29.8 Å². The van der Waals surface area contributed by atoms with Crippen molar-refractivity contribution < 1.29 is 23.9 Å². The number of esters is 1. The first-order chi connectivity index (χ1) is 13.9. The minimum Gasteiger partial charge on any atom is -0.494 e. The Morgan fingerprint density at radius 3 is 2.41 bits per heavy atom. The molecule has 0 fully saturated rings. The molecule has 154 valence electrons. The summed E-state index contributed by atoms with van der Waals surface area (Å²) in [6.07, 6.45) is -0.233. The fraction of sp³-hybridized carbons (Fsp3) is 0.250. The highest BCUT2D eigenvalue weighted by atomic mass is 35.5. The second-order valence-electron chi connectivity index (χ2n) is 5.95. The number of carbonyl (C=O) groups is 3. The molecular weight excluding hydrogens is 398 g/mol. The third-order valence-electron chi connectivity index (χ3n) is 3.78. The van der Waals surface area contributed by atoms with Gasteiger partial charge in [0.1, 0.15) is 5.75 Å². The van der Waals surface area contributed by atoms with Crippen molar-refractivity contribution in [1.29, 1.82) is 0 Å². The van der Waals surface area contributed by atoms with E-state index >= 15 is 0 Å². The number of hydrogen-bond donors (Lipinski definition) is 3. The molecule has 0 unspecified atom stereocenters. The first-order valence-corrected chi connectivity index (χ1v) is 9.25. The molecule has 2 rings (SSSR count). The maximum atomic E-state index is 12.1. The lowest BCUT2D eigenvalue weighted by molar-refractivity contribution is -0.147. The van der Waals surface area contributed by atoms with E-state index in [1.165, 1.54) is 0 Å². The molecule has 9 heteroatoms. The van der Waals surface area contributed by atoms with Crippen LogP contribution in [0.15, 0.2) is 48.5 Å². The quantitative estimate of drug-likeness (QED) is 0.539. The minimum absolute atomic E-state index is 0.233. The number of carbonyl (C=O) groups excluding carboxylic acids is 3. The molecule has 3 amide bonds. The summed E-state index contributed by atoms with van der Waals surface area (Å²) in [5, 5.41) is 5.43. The van der Waals surface area contributed by atoms with Crippen LogP contribution in [-0.2, 0) is 14.3 Å². The third-order valence-corrected chi connectivity index (χ3v) is 4.13. The van der Waals surface area contributed by atoms with Crippen LogP contribution in [-0.4, -0.2) is 31.1 Å². The van der Waals surface area contributed by atoms with Crippen molar-refractivity contribution in [3.05, 3.63) is 59.1 Å². The second-order valence-corrected chi connectivity index (χ2v) is 6.36. The molecule has 0 bridgehead atoms. The number of urea groups is 1. The van der Waals surface area contributed by atoms with Crippen molar-refractivity contribution in [2.75, 3.05) is 18.5 Å². The summed E-state index contributed by atoms with van der Waals surface area (Å²) in [6, 6.07) is 11.9. The maximum absolute atomic E-state index is 12.1. The van der Waals surface area contributed by atoms with Gasteiger partial charge in [0.05, 0.1) is 19.1 Å². The normalized spacial score (nSPS) is 11.2. The first kappa shape index (κ1) is 22.0. The van der Waals surface area contributed by atoms with Gasteiger partial charge in [0.15, 0.2) is 6.61 Å². The van der Waals surface area contributed by atoms with Crippen molar-refractivity contribution in [1.82, 2.24) is 5.32 Å². The number of hydrogen-bond acceptors (Lipinski definition) is 5. The summed E-state index contributed by atoms with van der Waals surface area (Å²) in [4.78, 5) is 35.4. The molecule has 0 aliphatic rings. The summed E-state index contributed by atoms with van der Waals surface area (Å²) in [5.74, 6) is -0.505. The molecule has 4 N–H and O–H groups in total. The van der Waals surface area contributed by atoms with Crippen molar-refractivity contribution in [3.63, 3.8) is 0 Å². The van der Waals surface area contributed by atoms with Gasteiger partial charge in [-0.15, -0.1) is 0 Å². The van der Waals surface area contributed by atoms with E-state index in [1.54, 1.807) is 48.5 Å². The van der Waals surface area contributed by atoms with Crippen LogP contribution < -0.4 is 21.1 Å². The second kappa shape index (κ2) is 10.9. The fourth-order valence-corrected chi connectivity index (χ4v) is 2.81. The molecule has 0 saturated heterocycles. The van der Waals surface area contributed by atoms with E-state index in [0.717, 1.165) is 0 Å². The zero-order valence-electron chi connectivity index (χ0n) is 15.8. The molecule has 8 nitrogen and oxygen atoms in total. The summed E-state index contributed by atoms with van der Waals surface area (Å²) < 4.78 is 10.3. The summed E-state index contributed by atoms with van der Waals surface area (Å²) in [6.45, 7) is 1.94. The number of rotatable bonds is 9. The Morgan fingerprint density at radius 2 is 1.79 bits per heavy atom. The maximum Gasteiger partial charge on any atom is 0.312 e. The summed E-state index contributed by atoms with van der Waals surface area (Å²) in [5.41, 5.74) is 6.23. The van der Waals surface area contributed by atoms with E-state index in [2.05, 4.69) is 10.6 Å². The van der Waals surface area contributed by atoms with Gasteiger partial charge in [-0.3, -0.25) is 9.59 Å². The number of amides is 3. The van der Waals surface area contributed by atoms with Crippen molar-refractivity contribution in [2.45, 2.75) is 19.4 Å². The van der Waals surface area contributed by atoms with E-state index in [9.17, 15) is 14.4 Å². The Bertz CT molecular complexity index is 857. The minimum atomic E-state index is -0.809. The van der Waals surface area contributed by atoms with Gasteiger partial charge in [0, 0.05) is 10.7 Å². The standard InChI is InChI=1S/C20H22ClN3O5/c1-2-28-14-9-7-13(8-10-14)23-18(25)12-29-19(26)11-17(24-20(22)27)15-5-3-4-6-16(15)21/h3-10,17H,2,11-12H2,1H3,(H,23,25)(H3,22,24,27)/t17-/m0/s1. The van der Waals surface area contributed by atoms with Gasteiger partial charge >= 0.3 is 12.0 Å². The average Bonchev–Trinajstić information content (AvgIpc) is 2.68. The number of nitrogens with one attached hydrogen (secondary N) is 2. The highest BCUT2D eigenvalue weighted by Gasteiger charge is 2.21. The number of primary amides is 1. The largest absolute Gasteiger partial charge is 0.494 e. The topological polar surface area (TPSA) is 120 Å². The Morgan fingerprint density at radius 1 is 1.10 bits per heavy atom. The van der Waals surface area contributed by atoms with Gasteiger partial charge in [-0.05, 0) is 42.8 Å². The molecule has 0 radical (unpaired) electrons. The Hall–Kier alpha value is -3.26. The van der Waals surface area contributed by atoms with E-state index in [1.807, 2.05) is 6.92 Å². The molecule has 0 saturated carbocycles. The van der Waals surface area contributed by atoms with Gasteiger partial charge in [-0.25, -0.2) is 4.79 Å². The number of nitrogens with two attached hydrogens (primary N) is 1. The van der Waals surface area contributed by atoms with Crippen LogP contribution >= 0.6 is 11.6 Å². The van der Waals surface area contributed by atoms with Crippen molar-refractivity contribution in [2.24, 2.45) is 5.73 Å². The predicted octanol–water partition coefficient (Wildman–Crippen LogP) is 3.02. The number of ether oxygens (including phenoxy) is 2. The molecule has 1 atom stereocenters. The van der Waals surface area contributed by atoms with Gasteiger partial charge in [-0.2, -0.15) is 0 Å². The van der Waals surface area contributed by atoms with Crippen molar-refractivity contribution in [3.8, 4) is 5.75 Å².